The van der Waals surface area contributed by atoms with Gasteiger partial charge in [0.1, 0.15) is 12.8 Å². The molecule has 1 aliphatic rings. The summed E-state index contributed by atoms with van der Waals surface area (Å²) in [6.07, 6.45) is 4.91. The Hall–Kier alpha value is -1.02. The standard InChI is InChI=1S/C8H10N2/c1-9-8(10-2)6-4-3-5-7-8/h3-7H2. The van der Waals surface area contributed by atoms with Crippen molar-refractivity contribution in [2.45, 2.75) is 37.8 Å². The Morgan fingerprint density at radius 3 is 1.70 bits per heavy atom. The largest absolute Gasteiger partial charge is 0.482 e. The topological polar surface area (TPSA) is 8.72 Å². The summed E-state index contributed by atoms with van der Waals surface area (Å²) < 4.78 is 0. The van der Waals surface area contributed by atoms with Gasteiger partial charge in [-0.15, -0.1) is 0 Å². The predicted octanol–water partition coefficient (Wildman–Crippen LogP) is 2.49. The van der Waals surface area contributed by atoms with Crippen LogP contribution in [0, 0.1) is 13.1 Å². The van der Waals surface area contributed by atoms with Gasteiger partial charge in [-0.05, 0) is 12.8 Å². The lowest BCUT2D eigenvalue weighted by Gasteiger charge is -2.14. The number of rotatable bonds is 0. The highest BCUT2D eigenvalue weighted by molar-refractivity contribution is 5.06. The molecular weight excluding hydrogens is 124 g/mol. The molecule has 0 aromatic rings. The molecule has 1 rings (SSSR count). The third-order valence-corrected chi connectivity index (χ3v) is 2.07. The van der Waals surface area contributed by atoms with Gasteiger partial charge in [0.25, 0.3) is 0 Å². The van der Waals surface area contributed by atoms with Crippen molar-refractivity contribution in [1.29, 1.82) is 0 Å². The van der Waals surface area contributed by atoms with Crippen molar-refractivity contribution >= 4 is 0 Å². The molecule has 1 fully saturated rings. The van der Waals surface area contributed by atoms with Crippen LogP contribution < -0.4 is 0 Å². The molecule has 0 atom stereocenters. The fourth-order valence-electron chi connectivity index (χ4n) is 1.37. The Morgan fingerprint density at radius 2 is 1.40 bits per heavy atom. The summed E-state index contributed by atoms with van der Waals surface area (Å²) in [6.45, 7) is 13.7. The normalized spacial score (nSPS) is 22.6. The van der Waals surface area contributed by atoms with E-state index in [1.54, 1.807) is 0 Å². The van der Waals surface area contributed by atoms with Crippen molar-refractivity contribution < 1.29 is 0 Å². The van der Waals surface area contributed by atoms with E-state index < -0.39 is 5.66 Å². The lowest BCUT2D eigenvalue weighted by Crippen LogP contribution is -2.22. The van der Waals surface area contributed by atoms with Crippen molar-refractivity contribution in [1.82, 2.24) is 0 Å². The molecular formula is C8H10N2. The maximum Gasteiger partial charge on any atom is 0.482 e. The predicted molar refractivity (Wildman–Crippen MR) is 39.0 cm³/mol. The van der Waals surface area contributed by atoms with Gasteiger partial charge >= 0.3 is 5.66 Å². The zero-order valence-electron chi connectivity index (χ0n) is 5.93. The van der Waals surface area contributed by atoms with E-state index >= 15 is 0 Å². The smallest absolute Gasteiger partial charge is 0.230 e. The van der Waals surface area contributed by atoms with Crippen LogP contribution in [-0.4, -0.2) is 5.66 Å². The van der Waals surface area contributed by atoms with E-state index in [1.165, 1.54) is 6.42 Å². The molecule has 0 aromatic heterocycles. The van der Waals surface area contributed by atoms with Gasteiger partial charge < -0.3 is 0 Å². The van der Waals surface area contributed by atoms with Crippen molar-refractivity contribution in [3.8, 4) is 0 Å². The van der Waals surface area contributed by atoms with Gasteiger partial charge in [-0.1, -0.05) is 6.42 Å². The second kappa shape index (κ2) is 2.71. The second-order valence-electron chi connectivity index (χ2n) is 2.77. The first-order valence-electron chi connectivity index (χ1n) is 3.60. The summed E-state index contributed by atoms with van der Waals surface area (Å²) in [4.78, 5) is 6.79. The summed E-state index contributed by atoms with van der Waals surface area (Å²) >= 11 is 0. The van der Waals surface area contributed by atoms with Crippen molar-refractivity contribution in [3.63, 3.8) is 0 Å². The molecule has 0 heterocycles. The van der Waals surface area contributed by atoms with Gasteiger partial charge in [0, 0.05) is 0 Å². The minimum Gasteiger partial charge on any atom is -0.230 e. The van der Waals surface area contributed by atoms with Crippen molar-refractivity contribution in [3.05, 3.63) is 22.8 Å². The zero-order chi connectivity index (χ0) is 7.45. The van der Waals surface area contributed by atoms with Crippen LogP contribution in [0.4, 0.5) is 0 Å². The van der Waals surface area contributed by atoms with Crippen LogP contribution >= 0.6 is 0 Å². The van der Waals surface area contributed by atoms with E-state index in [9.17, 15) is 0 Å². The molecule has 0 saturated heterocycles. The van der Waals surface area contributed by atoms with E-state index in [2.05, 4.69) is 9.69 Å². The average molecular weight is 134 g/mol. The molecule has 0 spiro atoms. The Morgan fingerprint density at radius 1 is 0.900 bits per heavy atom. The van der Waals surface area contributed by atoms with Crippen molar-refractivity contribution in [2.75, 3.05) is 0 Å². The molecule has 0 N–H and O–H groups in total. The lowest BCUT2D eigenvalue weighted by atomic mass is 9.90. The van der Waals surface area contributed by atoms with Crippen molar-refractivity contribution in [2.24, 2.45) is 0 Å². The molecule has 0 radical (unpaired) electrons. The van der Waals surface area contributed by atoms with E-state index in [0.717, 1.165) is 25.7 Å². The highest BCUT2D eigenvalue weighted by Gasteiger charge is 2.44. The summed E-state index contributed by atoms with van der Waals surface area (Å²) in [5.41, 5.74) is -0.655. The molecule has 0 aromatic carbocycles. The number of hydrogen-bond donors (Lipinski definition) is 0. The van der Waals surface area contributed by atoms with Crippen LogP contribution in [0.3, 0.4) is 0 Å². The first-order chi connectivity index (χ1) is 4.83. The maximum atomic E-state index is 6.86. The molecule has 2 heteroatoms. The van der Waals surface area contributed by atoms with Crippen LogP contribution in [0.25, 0.3) is 9.69 Å². The second-order valence-corrected chi connectivity index (χ2v) is 2.77. The van der Waals surface area contributed by atoms with E-state index in [0.29, 0.717) is 0 Å². The Kier molecular flexibility index (Phi) is 1.92. The minimum atomic E-state index is -0.655. The van der Waals surface area contributed by atoms with Gasteiger partial charge in [0.2, 0.25) is 0 Å². The maximum absolute atomic E-state index is 6.86. The molecule has 0 unspecified atom stereocenters. The monoisotopic (exact) mass is 134 g/mol. The third kappa shape index (κ3) is 1.11. The van der Waals surface area contributed by atoms with Crippen LogP contribution in [-0.2, 0) is 0 Å². The zero-order valence-corrected chi connectivity index (χ0v) is 5.93. The molecule has 2 nitrogen and oxygen atoms in total. The highest BCUT2D eigenvalue weighted by atomic mass is 15.0. The average Bonchev–Trinajstić information content (AvgIpc) is 2.06. The van der Waals surface area contributed by atoms with E-state index in [1.807, 2.05) is 0 Å². The summed E-state index contributed by atoms with van der Waals surface area (Å²) in [5.74, 6) is 0. The fourth-order valence-corrected chi connectivity index (χ4v) is 1.37. The lowest BCUT2D eigenvalue weighted by molar-refractivity contribution is 0.403. The molecule has 52 valence electrons. The summed E-state index contributed by atoms with van der Waals surface area (Å²) in [6, 6.07) is 0. The molecule has 1 saturated carbocycles. The highest BCUT2D eigenvalue weighted by Crippen LogP contribution is 2.32. The Bertz CT molecular complexity index is 172. The summed E-state index contributed by atoms with van der Waals surface area (Å²) in [7, 11) is 0. The van der Waals surface area contributed by atoms with Gasteiger partial charge in [-0.3, -0.25) is 0 Å². The van der Waals surface area contributed by atoms with Gasteiger partial charge in [-0.25, -0.2) is 22.8 Å². The van der Waals surface area contributed by atoms with E-state index in [4.69, 9.17) is 13.1 Å². The number of hydrogen-bond acceptors (Lipinski definition) is 0. The SMILES string of the molecule is [C-]#[N+]C1([N+]#[C-])CCCCC1. The first-order valence-corrected chi connectivity index (χ1v) is 3.60. The van der Waals surface area contributed by atoms with Crippen LogP contribution in [0.2, 0.25) is 0 Å². The van der Waals surface area contributed by atoms with Crippen LogP contribution in [0.15, 0.2) is 0 Å². The van der Waals surface area contributed by atoms with E-state index in [-0.39, 0.29) is 0 Å². The van der Waals surface area contributed by atoms with Gasteiger partial charge in [0.05, 0.1) is 0 Å². The van der Waals surface area contributed by atoms with Crippen LogP contribution in [0.1, 0.15) is 32.1 Å². The van der Waals surface area contributed by atoms with Gasteiger partial charge in [0.15, 0.2) is 0 Å². The molecule has 1 aliphatic carbocycles. The molecule has 10 heavy (non-hydrogen) atoms. The third-order valence-electron chi connectivity index (χ3n) is 2.07. The number of nitrogens with zero attached hydrogens (tertiary/aromatic N) is 2. The summed E-state index contributed by atoms with van der Waals surface area (Å²) in [5, 5.41) is 0. The Balaban J connectivity index is 2.67. The van der Waals surface area contributed by atoms with Crippen LogP contribution in [0.5, 0.6) is 0 Å². The molecule has 0 bridgehead atoms. The molecule has 0 aliphatic heterocycles. The minimum absolute atomic E-state index is 0.655. The Labute approximate surface area is 61.5 Å². The molecule has 0 amide bonds. The van der Waals surface area contributed by atoms with Gasteiger partial charge in [-0.2, -0.15) is 0 Å². The quantitative estimate of drug-likeness (QED) is 0.450. The fraction of sp³-hybridized carbons (Fsp3) is 0.750. The first kappa shape index (κ1) is 7.09.